The molecule has 7 aliphatic rings. The van der Waals surface area contributed by atoms with E-state index in [2.05, 4.69) is 29.2 Å². The third kappa shape index (κ3) is 3.90. The minimum absolute atomic E-state index is 0.444. The fourth-order valence-corrected chi connectivity index (χ4v) is 8.14. The average molecular weight is 470 g/mol. The summed E-state index contributed by atoms with van der Waals surface area (Å²) in [5.74, 6) is 3.43. The van der Waals surface area contributed by atoms with Crippen LogP contribution in [0, 0.1) is 23.7 Å². The van der Waals surface area contributed by atoms with Gasteiger partial charge in [-0.15, -0.1) is 0 Å². The molecule has 0 atom stereocenters. The van der Waals surface area contributed by atoms with Crippen LogP contribution in [-0.4, -0.2) is 55.9 Å². The second kappa shape index (κ2) is 8.74. The van der Waals surface area contributed by atoms with Gasteiger partial charge in [-0.3, -0.25) is 4.90 Å². The molecule has 5 saturated carbocycles. The minimum atomic E-state index is -0.519. The molecule has 2 spiro atoms. The summed E-state index contributed by atoms with van der Waals surface area (Å²) in [6.07, 6.45) is 10.5. The molecule has 2 heterocycles. The SMILES string of the molecule is c1cc(C2CCC3(CC2)OOC2(O3)C3CC4CC(C3)CC2C4)ccc1OCCN1CCOCC1. The molecule has 8 rings (SSSR count). The van der Waals surface area contributed by atoms with Gasteiger partial charge in [-0.1, -0.05) is 12.1 Å². The van der Waals surface area contributed by atoms with Crippen LogP contribution < -0.4 is 4.74 Å². The Balaban J connectivity index is 0.928. The van der Waals surface area contributed by atoms with Crippen molar-refractivity contribution in [3.63, 3.8) is 0 Å². The Kier molecular flexibility index (Phi) is 5.67. The second-order valence-corrected chi connectivity index (χ2v) is 11.9. The van der Waals surface area contributed by atoms with E-state index in [1.807, 2.05) is 0 Å². The minimum Gasteiger partial charge on any atom is -0.492 e. The van der Waals surface area contributed by atoms with E-state index in [0.29, 0.717) is 17.8 Å². The Bertz CT molecular complexity index is 830. The van der Waals surface area contributed by atoms with Crippen LogP contribution in [0.5, 0.6) is 5.75 Å². The van der Waals surface area contributed by atoms with E-state index in [0.717, 1.165) is 82.7 Å². The highest BCUT2D eigenvalue weighted by Crippen LogP contribution is 2.64. The number of benzene rings is 1. The van der Waals surface area contributed by atoms with Crippen molar-refractivity contribution in [1.82, 2.24) is 4.90 Å². The van der Waals surface area contributed by atoms with Crippen LogP contribution in [0.25, 0.3) is 0 Å². The van der Waals surface area contributed by atoms with E-state index in [9.17, 15) is 0 Å². The number of nitrogens with zero attached hydrogens (tertiary/aromatic N) is 1. The van der Waals surface area contributed by atoms with Gasteiger partial charge in [0.05, 0.1) is 13.2 Å². The molecule has 4 bridgehead atoms. The smallest absolute Gasteiger partial charge is 0.210 e. The quantitative estimate of drug-likeness (QED) is 0.573. The molecular weight excluding hydrogens is 430 g/mol. The highest BCUT2D eigenvalue weighted by Gasteiger charge is 2.66. The number of ether oxygens (including phenoxy) is 3. The number of hydrogen-bond donors (Lipinski definition) is 0. The van der Waals surface area contributed by atoms with Gasteiger partial charge in [0.15, 0.2) is 0 Å². The van der Waals surface area contributed by atoms with Crippen LogP contribution in [0.2, 0.25) is 0 Å². The summed E-state index contributed by atoms with van der Waals surface area (Å²) in [5, 5.41) is 0. The molecule has 2 saturated heterocycles. The van der Waals surface area contributed by atoms with E-state index in [1.165, 1.54) is 37.7 Å². The van der Waals surface area contributed by atoms with E-state index in [-0.39, 0.29) is 0 Å². The van der Waals surface area contributed by atoms with Gasteiger partial charge in [-0.05, 0) is 80.4 Å². The molecule has 5 aliphatic carbocycles. The maximum absolute atomic E-state index is 6.88. The van der Waals surface area contributed by atoms with Crippen molar-refractivity contribution in [1.29, 1.82) is 0 Å². The zero-order chi connectivity index (χ0) is 22.6. The summed E-state index contributed by atoms with van der Waals surface area (Å²) in [5.41, 5.74) is 1.40. The summed E-state index contributed by atoms with van der Waals surface area (Å²) in [6, 6.07) is 8.76. The summed E-state index contributed by atoms with van der Waals surface area (Å²) in [4.78, 5) is 14.7. The van der Waals surface area contributed by atoms with E-state index in [4.69, 9.17) is 24.0 Å². The van der Waals surface area contributed by atoms with Crippen molar-refractivity contribution in [2.24, 2.45) is 23.7 Å². The Hall–Kier alpha value is -1.18. The molecule has 186 valence electrons. The van der Waals surface area contributed by atoms with Crippen LogP contribution in [0.3, 0.4) is 0 Å². The lowest BCUT2D eigenvalue weighted by atomic mass is 9.53. The molecule has 1 aromatic carbocycles. The third-order valence-electron chi connectivity index (χ3n) is 9.82. The topological polar surface area (TPSA) is 49.4 Å². The van der Waals surface area contributed by atoms with Crippen molar-refractivity contribution < 1.29 is 24.0 Å². The molecule has 7 fully saturated rings. The van der Waals surface area contributed by atoms with Gasteiger partial charge < -0.3 is 14.2 Å². The molecule has 2 aliphatic heterocycles. The van der Waals surface area contributed by atoms with Gasteiger partial charge in [-0.2, -0.15) is 9.78 Å². The Morgan fingerprint density at radius 2 is 1.53 bits per heavy atom. The first-order chi connectivity index (χ1) is 16.7. The molecular formula is C28H39NO5. The van der Waals surface area contributed by atoms with E-state index in [1.54, 1.807) is 0 Å². The van der Waals surface area contributed by atoms with Crippen LogP contribution in [0.1, 0.15) is 69.3 Å². The summed E-state index contributed by atoms with van der Waals surface area (Å²) < 4.78 is 18.3. The van der Waals surface area contributed by atoms with E-state index < -0.39 is 11.6 Å². The summed E-state index contributed by atoms with van der Waals surface area (Å²) in [7, 11) is 0. The molecule has 0 aromatic heterocycles. The van der Waals surface area contributed by atoms with Crippen molar-refractivity contribution in [2.75, 3.05) is 39.5 Å². The molecule has 0 radical (unpaired) electrons. The first-order valence-corrected chi connectivity index (χ1v) is 13.8. The maximum Gasteiger partial charge on any atom is 0.210 e. The van der Waals surface area contributed by atoms with Gasteiger partial charge in [0, 0.05) is 44.3 Å². The molecule has 34 heavy (non-hydrogen) atoms. The standard InChI is InChI=1S/C28H39NO5/c1-3-26(31-14-11-29-9-12-30-13-10-29)4-2-22(1)23-5-7-27(8-6-23)32-28(34-33-27)24-16-20-15-21(18-24)19-25(28)17-20/h1-4,20-21,23-25H,5-19H2. The van der Waals surface area contributed by atoms with Gasteiger partial charge in [0.25, 0.3) is 0 Å². The van der Waals surface area contributed by atoms with E-state index >= 15 is 0 Å². The van der Waals surface area contributed by atoms with Crippen molar-refractivity contribution >= 4 is 0 Å². The average Bonchev–Trinajstić information content (AvgIpc) is 3.24. The Morgan fingerprint density at radius 1 is 0.853 bits per heavy atom. The highest BCUT2D eigenvalue weighted by molar-refractivity contribution is 5.30. The zero-order valence-corrected chi connectivity index (χ0v) is 20.3. The second-order valence-electron chi connectivity index (χ2n) is 11.9. The van der Waals surface area contributed by atoms with Crippen molar-refractivity contribution in [3.8, 4) is 5.75 Å². The zero-order valence-electron chi connectivity index (χ0n) is 20.3. The lowest BCUT2D eigenvalue weighted by molar-refractivity contribution is -0.390. The normalized spacial score (nSPS) is 43.7. The molecule has 0 N–H and O–H groups in total. The predicted octanol–water partition coefficient (Wildman–Crippen LogP) is 4.88. The van der Waals surface area contributed by atoms with Crippen LogP contribution >= 0.6 is 0 Å². The molecule has 0 amide bonds. The van der Waals surface area contributed by atoms with Crippen molar-refractivity contribution in [2.45, 2.75) is 75.3 Å². The largest absolute Gasteiger partial charge is 0.492 e. The fraction of sp³-hybridized carbons (Fsp3) is 0.786. The number of hydrogen-bond acceptors (Lipinski definition) is 6. The van der Waals surface area contributed by atoms with Crippen LogP contribution in [0.15, 0.2) is 24.3 Å². The lowest BCUT2D eigenvalue weighted by Gasteiger charge is -2.57. The number of rotatable bonds is 5. The first kappa shape index (κ1) is 22.1. The molecule has 0 unspecified atom stereocenters. The van der Waals surface area contributed by atoms with Crippen LogP contribution in [0.4, 0.5) is 0 Å². The lowest BCUT2D eigenvalue weighted by Crippen LogP contribution is -2.59. The van der Waals surface area contributed by atoms with Gasteiger partial charge in [0.1, 0.15) is 12.4 Å². The third-order valence-corrected chi connectivity index (χ3v) is 9.82. The monoisotopic (exact) mass is 469 g/mol. The Morgan fingerprint density at radius 3 is 2.21 bits per heavy atom. The molecule has 6 nitrogen and oxygen atoms in total. The molecule has 1 aromatic rings. The van der Waals surface area contributed by atoms with Gasteiger partial charge in [0.2, 0.25) is 11.6 Å². The summed E-state index contributed by atoms with van der Waals surface area (Å²) >= 11 is 0. The number of morpholine rings is 1. The summed E-state index contributed by atoms with van der Waals surface area (Å²) in [6.45, 7) is 5.37. The first-order valence-electron chi connectivity index (χ1n) is 13.8. The highest BCUT2D eigenvalue weighted by atomic mass is 17.3. The van der Waals surface area contributed by atoms with Gasteiger partial charge >= 0.3 is 0 Å². The van der Waals surface area contributed by atoms with Gasteiger partial charge in [-0.25, -0.2) is 0 Å². The fourth-order valence-electron chi connectivity index (χ4n) is 8.14. The van der Waals surface area contributed by atoms with Crippen LogP contribution in [-0.2, 0) is 19.2 Å². The molecule has 6 heteroatoms. The van der Waals surface area contributed by atoms with Crippen molar-refractivity contribution in [3.05, 3.63) is 29.8 Å². The predicted molar refractivity (Wildman–Crippen MR) is 126 cm³/mol. The Labute approximate surface area is 203 Å². The maximum atomic E-state index is 6.88.